The van der Waals surface area contributed by atoms with Gasteiger partial charge in [-0.1, -0.05) is 12.1 Å². The van der Waals surface area contributed by atoms with E-state index in [0.29, 0.717) is 5.56 Å². The van der Waals surface area contributed by atoms with E-state index in [1.807, 2.05) is 0 Å². The minimum atomic E-state index is -2.08. The summed E-state index contributed by atoms with van der Waals surface area (Å²) in [7, 11) is 1.40. The zero-order chi connectivity index (χ0) is 13.7. The van der Waals surface area contributed by atoms with Gasteiger partial charge in [0.2, 0.25) is 6.10 Å². The number of ether oxygens (including phenoxy) is 1. The number of benzene rings is 1. The highest BCUT2D eigenvalue weighted by Gasteiger charge is 2.19. The third kappa shape index (κ3) is 3.33. The van der Waals surface area contributed by atoms with E-state index < -0.39 is 17.9 Å². The Morgan fingerprint density at radius 2 is 2.06 bits per heavy atom. The Balaban J connectivity index is 2.82. The lowest BCUT2D eigenvalue weighted by atomic mass is 10.1. The van der Waals surface area contributed by atoms with Crippen LogP contribution in [0, 0.1) is 0 Å². The average Bonchev–Trinajstić information content (AvgIpc) is 2.35. The first-order valence-electron chi connectivity index (χ1n) is 4.95. The molecule has 6 heteroatoms. The second-order valence-electron chi connectivity index (χ2n) is 3.41. The van der Waals surface area contributed by atoms with Crippen LogP contribution in [0.4, 0.5) is 0 Å². The van der Waals surface area contributed by atoms with Crippen LogP contribution in [0.25, 0.3) is 6.08 Å². The lowest BCUT2D eigenvalue weighted by molar-refractivity contribution is -0.150. The number of aliphatic carboxylic acids is 1. The third-order valence-electron chi connectivity index (χ3n) is 2.15. The normalized spacial score (nSPS) is 12.3. The third-order valence-corrected chi connectivity index (χ3v) is 2.15. The highest BCUT2D eigenvalue weighted by molar-refractivity contribution is 6.08. The maximum atomic E-state index is 11.2. The van der Waals surface area contributed by atoms with Gasteiger partial charge in [0, 0.05) is 0 Å². The van der Waals surface area contributed by atoms with Crippen LogP contribution in [-0.4, -0.2) is 40.3 Å². The van der Waals surface area contributed by atoms with Gasteiger partial charge in [0.15, 0.2) is 17.3 Å². The van der Waals surface area contributed by atoms with Crippen molar-refractivity contribution >= 4 is 17.8 Å². The van der Waals surface area contributed by atoms with Crippen LogP contribution in [0.15, 0.2) is 24.3 Å². The number of phenols is 1. The number of phenolic OH excluding ortho intramolecular Hbond substituents is 1. The van der Waals surface area contributed by atoms with E-state index in [9.17, 15) is 14.7 Å². The van der Waals surface area contributed by atoms with Gasteiger partial charge in [-0.25, -0.2) is 4.79 Å². The Morgan fingerprint density at radius 3 is 2.56 bits per heavy atom. The fourth-order valence-corrected chi connectivity index (χ4v) is 1.20. The standard InChI is InChI=1S/C12H12O6/c1-18-10-5-3-7(6-9(10)14)2-4-8(13)11(15)12(16)17/h2-6,11,14-15H,1H3,(H,16,17)/b4-2+. The number of aliphatic hydroxyl groups excluding tert-OH is 1. The molecule has 0 saturated carbocycles. The van der Waals surface area contributed by atoms with Crippen molar-refractivity contribution in [1.29, 1.82) is 0 Å². The highest BCUT2D eigenvalue weighted by Crippen LogP contribution is 2.26. The molecule has 0 amide bonds. The summed E-state index contributed by atoms with van der Waals surface area (Å²) < 4.78 is 4.84. The molecule has 0 spiro atoms. The molecule has 0 heterocycles. The van der Waals surface area contributed by atoms with Crippen molar-refractivity contribution in [3.8, 4) is 11.5 Å². The van der Waals surface area contributed by atoms with Gasteiger partial charge in [-0.05, 0) is 23.8 Å². The summed E-state index contributed by atoms with van der Waals surface area (Å²) in [6.45, 7) is 0. The number of aromatic hydroxyl groups is 1. The van der Waals surface area contributed by atoms with E-state index in [-0.39, 0.29) is 11.5 Å². The number of carboxylic acid groups (broad SMARTS) is 1. The first-order valence-corrected chi connectivity index (χ1v) is 4.95. The van der Waals surface area contributed by atoms with Crippen molar-refractivity contribution in [1.82, 2.24) is 0 Å². The number of ketones is 1. The Kier molecular flexibility index (Phi) is 4.45. The molecule has 0 aliphatic rings. The van der Waals surface area contributed by atoms with Gasteiger partial charge in [0.05, 0.1) is 7.11 Å². The van der Waals surface area contributed by atoms with E-state index in [2.05, 4.69) is 0 Å². The van der Waals surface area contributed by atoms with E-state index >= 15 is 0 Å². The summed E-state index contributed by atoms with van der Waals surface area (Å²) in [5.41, 5.74) is 0.472. The number of carbonyl (C=O) groups excluding carboxylic acids is 1. The molecule has 6 nitrogen and oxygen atoms in total. The van der Waals surface area contributed by atoms with Crippen LogP contribution in [0.1, 0.15) is 5.56 Å². The largest absolute Gasteiger partial charge is 0.504 e. The summed E-state index contributed by atoms with van der Waals surface area (Å²) in [4.78, 5) is 21.5. The Morgan fingerprint density at radius 1 is 1.39 bits per heavy atom. The van der Waals surface area contributed by atoms with Crippen LogP contribution in [-0.2, 0) is 9.59 Å². The lowest BCUT2D eigenvalue weighted by Gasteiger charge is -2.03. The van der Waals surface area contributed by atoms with Crippen LogP contribution in [0.5, 0.6) is 11.5 Å². The zero-order valence-electron chi connectivity index (χ0n) is 9.53. The molecule has 0 aliphatic heterocycles. The number of aliphatic hydroxyl groups is 1. The van der Waals surface area contributed by atoms with Crippen molar-refractivity contribution in [2.45, 2.75) is 6.10 Å². The van der Waals surface area contributed by atoms with Gasteiger partial charge >= 0.3 is 5.97 Å². The summed E-state index contributed by atoms with van der Waals surface area (Å²) in [5, 5.41) is 26.8. The number of rotatable bonds is 5. The Hall–Kier alpha value is -2.34. The predicted molar refractivity (Wildman–Crippen MR) is 62.3 cm³/mol. The monoisotopic (exact) mass is 252 g/mol. The molecule has 0 bridgehead atoms. The van der Waals surface area contributed by atoms with Crippen LogP contribution < -0.4 is 4.74 Å². The maximum Gasteiger partial charge on any atom is 0.340 e. The second kappa shape index (κ2) is 5.83. The molecule has 18 heavy (non-hydrogen) atoms. The minimum absolute atomic E-state index is 0.106. The van der Waals surface area contributed by atoms with E-state index in [1.54, 1.807) is 6.07 Å². The van der Waals surface area contributed by atoms with E-state index in [4.69, 9.17) is 14.9 Å². The number of hydrogen-bond donors (Lipinski definition) is 3. The number of methoxy groups -OCH3 is 1. The molecule has 96 valence electrons. The molecule has 1 aromatic carbocycles. The van der Waals surface area contributed by atoms with Gasteiger partial charge < -0.3 is 20.1 Å². The fraction of sp³-hybridized carbons (Fsp3) is 0.167. The molecule has 0 aromatic heterocycles. The smallest absolute Gasteiger partial charge is 0.340 e. The predicted octanol–water partition coefficient (Wildman–Crippen LogP) is 0.429. The maximum absolute atomic E-state index is 11.2. The molecule has 0 aliphatic carbocycles. The number of hydrogen-bond acceptors (Lipinski definition) is 5. The lowest BCUT2D eigenvalue weighted by Crippen LogP contribution is -2.27. The zero-order valence-corrected chi connectivity index (χ0v) is 9.53. The molecule has 3 N–H and O–H groups in total. The fourth-order valence-electron chi connectivity index (χ4n) is 1.20. The van der Waals surface area contributed by atoms with Crippen LogP contribution in [0.2, 0.25) is 0 Å². The van der Waals surface area contributed by atoms with Crippen LogP contribution in [0.3, 0.4) is 0 Å². The molecule has 1 atom stereocenters. The average molecular weight is 252 g/mol. The molecule has 0 radical (unpaired) electrons. The van der Waals surface area contributed by atoms with Gasteiger partial charge in [-0.2, -0.15) is 0 Å². The summed E-state index contributed by atoms with van der Waals surface area (Å²) in [6, 6.07) is 4.40. The summed E-state index contributed by atoms with van der Waals surface area (Å²) >= 11 is 0. The highest BCUT2D eigenvalue weighted by atomic mass is 16.5. The van der Waals surface area contributed by atoms with E-state index in [0.717, 1.165) is 6.08 Å². The first kappa shape index (κ1) is 13.7. The quantitative estimate of drug-likeness (QED) is 0.518. The number of carbonyl (C=O) groups is 2. The molecule has 1 rings (SSSR count). The Bertz CT molecular complexity index is 491. The Labute approximate surface area is 103 Å². The van der Waals surface area contributed by atoms with Gasteiger partial charge in [-0.3, -0.25) is 4.79 Å². The first-order chi connectivity index (χ1) is 8.45. The molecular formula is C12H12O6. The van der Waals surface area contributed by atoms with Crippen molar-refractivity contribution in [2.75, 3.05) is 7.11 Å². The van der Waals surface area contributed by atoms with Gasteiger partial charge in [-0.15, -0.1) is 0 Å². The van der Waals surface area contributed by atoms with E-state index in [1.165, 1.54) is 25.3 Å². The van der Waals surface area contributed by atoms with Crippen molar-refractivity contribution in [3.63, 3.8) is 0 Å². The van der Waals surface area contributed by atoms with Crippen molar-refractivity contribution in [3.05, 3.63) is 29.8 Å². The molecule has 0 saturated heterocycles. The molecule has 1 unspecified atom stereocenters. The van der Waals surface area contributed by atoms with Crippen molar-refractivity contribution < 1.29 is 29.6 Å². The number of carboxylic acids is 1. The SMILES string of the molecule is COc1ccc(/C=C/C(=O)C(O)C(=O)O)cc1O. The summed E-state index contributed by atoms with van der Waals surface area (Å²) in [5.74, 6) is -2.38. The van der Waals surface area contributed by atoms with Crippen LogP contribution >= 0.6 is 0 Å². The second-order valence-corrected chi connectivity index (χ2v) is 3.41. The minimum Gasteiger partial charge on any atom is -0.504 e. The summed E-state index contributed by atoms with van der Waals surface area (Å²) in [6.07, 6.45) is 0.140. The van der Waals surface area contributed by atoms with Crippen molar-refractivity contribution in [2.24, 2.45) is 0 Å². The topological polar surface area (TPSA) is 104 Å². The molecule has 1 aromatic rings. The molecule has 0 fully saturated rings. The van der Waals surface area contributed by atoms with Gasteiger partial charge in [0.25, 0.3) is 0 Å². The van der Waals surface area contributed by atoms with Gasteiger partial charge in [0.1, 0.15) is 0 Å². The molecular weight excluding hydrogens is 240 g/mol.